The van der Waals surface area contributed by atoms with Crippen LogP contribution in [0.3, 0.4) is 0 Å². The van der Waals surface area contributed by atoms with Crippen molar-refractivity contribution in [3.8, 4) is 0 Å². The van der Waals surface area contributed by atoms with Crippen molar-refractivity contribution in [1.29, 1.82) is 0 Å². The predicted octanol–water partition coefficient (Wildman–Crippen LogP) is 1.96. The van der Waals surface area contributed by atoms with Gasteiger partial charge in [0.15, 0.2) is 0 Å². The van der Waals surface area contributed by atoms with Gasteiger partial charge in [0, 0.05) is 24.8 Å². The number of ether oxygens (including phenoxy) is 1. The largest absolute Gasteiger partial charge is 0.462 e. The molecule has 20 heavy (non-hydrogen) atoms. The maximum Gasteiger partial charge on any atom is 0.341 e. The highest BCUT2D eigenvalue weighted by molar-refractivity contribution is 5.94. The van der Waals surface area contributed by atoms with E-state index in [0.29, 0.717) is 18.0 Å². The molecule has 2 unspecified atom stereocenters. The van der Waals surface area contributed by atoms with E-state index in [1.54, 1.807) is 25.3 Å². The van der Waals surface area contributed by atoms with E-state index < -0.39 is 0 Å². The van der Waals surface area contributed by atoms with E-state index in [-0.39, 0.29) is 18.1 Å². The number of carbonyl (C=O) groups excluding carboxylic acids is 1. The van der Waals surface area contributed by atoms with Crippen molar-refractivity contribution in [3.63, 3.8) is 0 Å². The zero-order valence-corrected chi connectivity index (χ0v) is 12.2. The lowest BCUT2D eigenvalue weighted by molar-refractivity contribution is 0.0526. The molecule has 5 nitrogen and oxygen atoms in total. The summed E-state index contributed by atoms with van der Waals surface area (Å²) in [6, 6.07) is 3.81. The number of piperidine rings is 1. The Morgan fingerprint density at radius 1 is 1.60 bits per heavy atom. The van der Waals surface area contributed by atoms with Crippen molar-refractivity contribution in [1.82, 2.24) is 4.98 Å². The molecule has 0 spiro atoms. The van der Waals surface area contributed by atoms with E-state index in [2.05, 4.69) is 9.88 Å². The SMILES string of the molecule is CCOC(=O)c1cccnc1N1CCCCC1C(C)N. The molecule has 1 aromatic rings. The molecule has 1 fully saturated rings. The summed E-state index contributed by atoms with van der Waals surface area (Å²) in [5.41, 5.74) is 6.62. The second-order valence-corrected chi connectivity index (χ2v) is 5.21. The van der Waals surface area contributed by atoms with Crippen LogP contribution in [0, 0.1) is 0 Å². The molecule has 2 rings (SSSR count). The highest BCUT2D eigenvalue weighted by Gasteiger charge is 2.29. The number of carbonyl (C=O) groups is 1. The second-order valence-electron chi connectivity index (χ2n) is 5.21. The van der Waals surface area contributed by atoms with Gasteiger partial charge < -0.3 is 15.4 Å². The minimum Gasteiger partial charge on any atom is -0.462 e. The highest BCUT2D eigenvalue weighted by Crippen LogP contribution is 2.27. The first-order valence-corrected chi connectivity index (χ1v) is 7.29. The fraction of sp³-hybridized carbons (Fsp3) is 0.600. The first kappa shape index (κ1) is 14.8. The third-order valence-electron chi connectivity index (χ3n) is 3.71. The number of nitrogens with two attached hydrogens (primary N) is 1. The summed E-state index contributed by atoms with van der Waals surface area (Å²) in [4.78, 5) is 18.6. The van der Waals surface area contributed by atoms with E-state index in [9.17, 15) is 4.79 Å². The molecule has 2 N–H and O–H groups in total. The van der Waals surface area contributed by atoms with Gasteiger partial charge in [0.05, 0.1) is 6.61 Å². The molecule has 1 aliphatic heterocycles. The molecular weight excluding hydrogens is 254 g/mol. The van der Waals surface area contributed by atoms with Crippen molar-refractivity contribution >= 4 is 11.8 Å². The maximum atomic E-state index is 12.1. The van der Waals surface area contributed by atoms with Crippen molar-refractivity contribution < 1.29 is 9.53 Å². The first-order valence-electron chi connectivity index (χ1n) is 7.29. The molecule has 2 heterocycles. The molecule has 0 aromatic carbocycles. The summed E-state index contributed by atoms with van der Waals surface area (Å²) in [6.45, 7) is 5.06. The lowest BCUT2D eigenvalue weighted by atomic mass is 9.96. The molecular formula is C15H23N3O2. The van der Waals surface area contributed by atoms with Gasteiger partial charge in [0.2, 0.25) is 0 Å². The Balaban J connectivity index is 2.32. The molecule has 1 aliphatic rings. The summed E-state index contributed by atoms with van der Waals surface area (Å²) < 4.78 is 5.12. The molecule has 2 atom stereocenters. The highest BCUT2D eigenvalue weighted by atomic mass is 16.5. The molecule has 0 radical (unpaired) electrons. The molecule has 1 saturated heterocycles. The van der Waals surface area contributed by atoms with Crippen LogP contribution < -0.4 is 10.6 Å². The van der Waals surface area contributed by atoms with E-state index in [0.717, 1.165) is 19.4 Å². The number of hydrogen-bond donors (Lipinski definition) is 1. The third-order valence-corrected chi connectivity index (χ3v) is 3.71. The number of aromatic nitrogens is 1. The van der Waals surface area contributed by atoms with Gasteiger partial charge in [-0.2, -0.15) is 0 Å². The van der Waals surface area contributed by atoms with Crippen molar-refractivity contribution in [3.05, 3.63) is 23.9 Å². The predicted molar refractivity (Wildman–Crippen MR) is 78.8 cm³/mol. The summed E-state index contributed by atoms with van der Waals surface area (Å²) in [5, 5.41) is 0. The minimum atomic E-state index is -0.315. The average Bonchev–Trinajstić information content (AvgIpc) is 2.47. The van der Waals surface area contributed by atoms with Crippen LogP contribution in [-0.2, 0) is 4.74 Å². The molecule has 110 valence electrons. The normalized spacial score (nSPS) is 20.6. The van der Waals surface area contributed by atoms with Crippen molar-refractivity contribution in [2.45, 2.75) is 45.2 Å². The second kappa shape index (κ2) is 6.70. The topological polar surface area (TPSA) is 68.5 Å². The van der Waals surface area contributed by atoms with Gasteiger partial charge in [-0.25, -0.2) is 9.78 Å². The van der Waals surface area contributed by atoms with E-state index >= 15 is 0 Å². The Labute approximate surface area is 120 Å². The summed E-state index contributed by atoms with van der Waals surface area (Å²) in [6.07, 6.45) is 5.02. The van der Waals surface area contributed by atoms with Gasteiger partial charge in [0.25, 0.3) is 0 Å². The Hall–Kier alpha value is -1.62. The molecule has 5 heteroatoms. The van der Waals surface area contributed by atoms with E-state index in [4.69, 9.17) is 10.5 Å². The van der Waals surface area contributed by atoms with Crippen LogP contribution in [0.1, 0.15) is 43.5 Å². The van der Waals surface area contributed by atoms with Crippen LogP contribution in [0.4, 0.5) is 5.82 Å². The van der Waals surface area contributed by atoms with Gasteiger partial charge in [0.1, 0.15) is 11.4 Å². The molecule has 0 bridgehead atoms. The van der Waals surface area contributed by atoms with E-state index in [1.807, 2.05) is 6.92 Å². The lowest BCUT2D eigenvalue weighted by Crippen LogP contribution is -2.50. The monoisotopic (exact) mass is 277 g/mol. The number of pyridine rings is 1. The molecule has 0 saturated carbocycles. The van der Waals surface area contributed by atoms with Gasteiger partial charge in [-0.1, -0.05) is 0 Å². The maximum absolute atomic E-state index is 12.1. The van der Waals surface area contributed by atoms with Crippen LogP contribution in [0.15, 0.2) is 18.3 Å². The third kappa shape index (κ3) is 3.10. The number of anilines is 1. The van der Waals surface area contributed by atoms with Crippen LogP contribution in [0.25, 0.3) is 0 Å². The van der Waals surface area contributed by atoms with Crippen LogP contribution in [0.5, 0.6) is 0 Å². The van der Waals surface area contributed by atoms with Crippen molar-refractivity contribution in [2.24, 2.45) is 5.73 Å². The average molecular weight is 277 g/mol. The first-order chi connectivity index (χ1) is 9.65. The quantitative estimate of drug-likeness (QED) is 0.852. The Kier molecular flexibility index (Phi) is 4.95. The summed E-state index contributed by atoms with van der Waals surface area (Å²) in [5.74, 6) is 0.387. The standard InChI is InChI=1S/C15H23N3O2/c1-3-20-15(19)12-7-6-9-17-14(12)18-10-5-4-8-13(18)11(2)16/h6-7,9,11,13H,3-5,8,10,16H2,1-2H3. The Morgan fingerprint density at radius 2 is 2.40 bits per heavy atom. The van der Waals surface area contributed by atoms with E-state index in [1.165, 1.54) is 6.42 Å². The molecule has 0 aliphatic carbocycles. The van der Waals surface area contributed by atoms with Gasteiger partial charge in [-0.15, -0.1) is 0 Å². The number of nitrogens with zero attached hydrogens (tertiary/aromatic N) is 2. The van der Waals surface area contributed by atoms with Crippen LogP contribution in [0.2, 0.25) is 0 Å². The lowest BCUT2D eigenvalue weighted by Gasteiger charge is -2.39. The fourth-order valence-corrected chi connectivity index (χ4v) is 2.76. The Bertz CT molecular complexity index is 462. The summed E-state index contributed by atoms with van der Waals surface area (Å²) in [7, 11) is 0. The van der Waals surface area contributed by atoms with Gasteiger partial charge in [-0.05, 0) is 45.2 Å². The molecule has 0 amide bonds. The zero-order chi connectivity index (χ0) is 14.5. The van der Waals surface area contributed by atoms with Gasteiger partial charge >= 0.3 is 5.97 Å². The van der Waals surface area contributed by atoms with Crippen molar-refractivity contribution in [2.75, 3.05) is 18.1 Å². The smallest absolute Gasteiger partial charge is 0.341 e. The minimum absolute atomic E-state index is 0.0485. The van der Waals surface area contributed by atoms with Gasteiger partial charge in [-0.3, -0.25) is 0 Å². The fourth-order valence-electron chi connectivity index (χ4n) is 2.76. The van der Waals surface area contributed by atoms with Crippen LogP contribution in [-0.4, -0.2) is 36.2 Å². The number of esters is 1. The molecule has 1 aromatic heterocycles. The summed E-state index contributed by atoms with van der Waals surface area (Å²) >= 11 is 0. The van der Waals surface area contributed by atoms with Crippen LogP contribution >= 0.6 is 0 Å². The Morgan fingerprint density at radius 3 is 3.10 bits per heavy atom. The number of hydrogen-bond acceptors (Lipinski definition) is 5. The number of rotatable bonds is 4. The zero-order valence-electron chi connectivity index (χ0n) is 12.2.